The van der Waals surface area contributed by atoms with E-state index in [1.54, 1.807) is 6.20 Å². The van der Waals surface area contributed by atoms with Crippen LogP contribution < -0.4 is 5.32 Å². The fourth-order valence-corrected chi connectivity index (χ4v) is 1.01. The van der Waals surface area contributed by atoms with Gasteiger partial charge in [0.1, 0.15) is 6.07 Å². The van der Waals surface area contributed by atoms with Gasteiger partial charge in [-0.3, -0.25) is 0 Å². The monoisotopic (exact) mass is 219 g/mol. The Kier molecular flexibility index (Phi) is 3.80. The van der Waals surface area contributed by atoms with E-state index in [1.807, 2.05) is 20.2 Å². The minimum Gasteiger partial charge on any atom is -0.366 e. The maximum Gasteiger partial charge on any atom is 0.182 e. The molecule has 1 rings (SSSR count). The second-order valence-corrected chi connectivity index (χ2v) is 4.43. The quantitative estimate of drug-likeness (QED) is 0.821. The van der Waals surface area contributed by atoms with Crippen LogP contribution in [0.5, 0.6) is 0 Å². The summed E-state index contributed by atoms with van der Waals surface area (Å²) < 4.78 is 0. The van der Waals surface area contributed by atoms with E-state index in [0.717, 1.165) is 0 Å². The van der Waals surface area contributed by atoms with Crippen molar-refractivity contribution in [3.63, 3.8) is 0 Å². The van der Waals surface area contributed by atoms with Gasteiger partial charge in [-0.2, -0.15) is 5.26 Å². The minimum atomic E-state index is -0.00968. The van der Waals surface area contributed by atoms with Gasteiger partial charge in [-0.15, -0.1) is 0 Å². The predicted molar refractivity (Wildman–Crippen MR) is 63.0 cm³/mol. The van der Waals surface area contributed by atoms with Gasteiger partial charge >= 0.3 is 0 Å². The van der Waals surface area contributed by atoms with Gasteiger partial charge in [0.2, 0.25) is 0 Å². The third kappa shape index (κ3) is 2.91. The summed E-state index contributed by atoms with van der Waals surface area (Å²) in [5.74, 6) is 0.542. The molecule has 0 atom stereocenters. The topological polar surface area (TPSA) is 64.8 Å². The molecule has 86 valence electrons. The molecule has 0 aliphatic heterocycles. The Hall–Kier alpha value is -1.67. The number of likely N-dealkylation sites (N-methyl/N-ethyl adjacent to an activating group) is 1. The van der Waals surface area contributed by atoms with Crippen LogP contribution in [-0.2, 0) is 0 Å². The van der Waals surface area contributed by atoms with E-state index in [4.69, 9.17) is 5.26 Å². The number of hydrogen-bond donors (Lipinski definition) is 1. The fraction of sp³-hybridized carbons (Fsp3) is 0.545. The Balaban J connectivity index is 2.72. The van der Waals surface area contributed by atoms with Crippen LogP contribution in [0.25, 0.3) is 0 Å². The number of aromatic nitrogens is 2. The molecule has 0 spiro atoms. The highest BCUT2D eigenvalue weighted by molar-refractivity contribution is 5.46. The van der Waals surface area contributed by atoms with E-state index in [1.165, 1.54) is 6.20 Å². The molecule has 0 aliphatic rings. The van der Waals surface area contributed by atoms with E-state index >= 15 is 0 Å². The molecular weight excluding hydrogens is 202 g/mol. The summed E-state index contributed by atoms with van der Waals surface area (Å²) in [6.07, 6.45) is 3.09. The van der Waals surface area contributed by atoms with Gasteiger partial charge in [0.25, 0.3) is 0 Å². The van der Waals surface area contributed by atoms with Crippen LogP contribution in [0, 0.1) is 11.3 Å². The maximum absolute atomic E-state index is 8.85. The van der Waals surface area contributed by atoms with Gasteiger partial charge in [-0.25, -0.2) is 9.97 Å². The third-order valence-corrected chi connectivity index (χ3v) is 2.70. The van der Waals surface area contributed by atoms with E-state index in [2.05, 4.69) is 34.0 Å². The van der Waals surface area contributed by atoms with Crippen molar-refractivity contribution in [2.24, 2.45) is 0 Å². The van der Waals surface area contributed by atoms with Gasteiger partial charge in [0.15, 0.2) is 11.5 Å². The van der Waals surface area contributed by atoms with Crippen LogP contribution in [-0.4, -0.2) is 41.0 Å². The molecule has 0 aliphatic carbocycles. The molecule has 16 heavy (non-hydrogen) atoms. The summed E-state index contributed by atoms with van der Waals surface area (Å²) >= 11 is 0. The molecule has 5 heteroatoms. The molecule has 0 radical (unpaired) electrons. The minimum absolute atomic E-state index is 0.00968. The van der Waals surface area contributed by atoms with E-state index < -0.39 is 0 Å². The SMILES string of the molecule is CN(C)C(C)(C)CNc1nccnc1C#N. The molecule has 0 unspecified atom stereocenters. The normalized spacial score (nSPS) is 11.2. The summed E-state index contributed by atoms with van der Waals surface area (Å²) in [5.41, 5.74) is 0.321. The average Bonchev–Trinajstić information content (AvgIpc) is 2.26. The van der Waals surface area contributed by atoms with Crippen LogP contribution in [0.3, 0.4) is 0 Å². The smallest absolute Gasteiger partial charge is 0.182 e. The number of nitriles is 1. The first-order valence-corrected chi connectivity index (χ1v) is 5.10. The summed E-state index contributed by atoms with van der Waals surface area (Å²) in [4.78, 5) is 10.2. The van der Waals surface area contributed by atoms with Crippen molar-refractivity contribution in [1.82, 2.24) is 14.9 Å². The zero-order valence-corrected chi connectivity index (χ0v) is 10.2. The van der Waals surface area contributed by atoms with Gasteiger partial charge in [-0.1, -0.05) is 0 Å². The molecular formula is C11H17N5. The molecule has 0 amide bonds. The Morgan fingerprint density at radius 3 is 2.56 bits per heavy atom. The largest absolute Gasteiger partial charge is 0.366 e. The molecule has 0 saturated heterocycles. The van der Waals surface area contributed by atoms with Crippen LogP contribution in [0.4, 0.5) is 5.82 Å². The summed E-state index contributed by atoms with van der Waals surface area (Å²) in [6, 6.07) is 2.01. The molecule has 0 aromatic carbocycles. The standard InChI is InChI=1S/C11H17N5/c1-11(2,16(3)4)8-15-10-9(7-12)13-5-6-14-10/h5-6H,8H2,1-4H3,(H,14,15). The van der Waals surface area contributed by atoms with E-state index in [0.29, 0.717) is 18.1 Å². The second kappa shape index (κ2) is 4.90. The molecule has 1 heterocycles. The van der Waals surface area contributed by atoms with Gasteiger partial charge in [0.05, 0.1) is 0 Å². The first-order valence-electron chi connectivity index (χ1n) is 5.10. The number of nitrogens with one attached hydrogen (secondary N) is 1. The molecule has 5 nitrogen and oxygen atoms in total. The first kappa shape index (κ1) is 12.4. The van der Waals surface area contributed by atoms with Crippen molar-refractivity contribution in [3.8, 4) is 6.07 Å². The van der Waals surface area contributed by atoms with Crippen LogP contribution >= 0.6 is 0 Å². The van der Waals surface area contributed by atoms with Crippen LogP contribution in [0.1, 0.15) is 19.5 Å². The fourth-order valence-electron chi connectivity index (χ4n) is 1.01. The van der Waals surface area contributed by atoms with Gasteiger partial charge in [0, 0.05) is 24.5 Å². The maximum atomic E-state index is 8.85. The Bertz CT molecular complexity index is 392. The molecule has 0 fully saturated rings. The Morgan fingerprint density at radius 1 is 1.38 bits per heavy atom. The van der Waals surface area contributed by atoms with Crippen molar-refractivity contribution >= 4 is 5.82 Å². The van der Waals surface area contributed by atoms with Gasteiger partial charge < -0.3 is 10.2 Å². The van der Waals surface area contributed by atoms with Crippen LogP contribution in [0.15, 0.2) is 12.4 Å². The van der Waals surface area contributed by atoms with Crippen molar-refractivity contribution < 1.29 is 0 Å². The van der Waals surface area contributed by atoms with Crippen molar-refractivity contribution in [3.05, 3.63) is 18.1 Å². The van der Waals surface area contributed by atoms with Crippen molar-refractivity contribution in [2.75, 3.05) is 26.0 Å². The summed E-state index contributed by atoms with van der Waals surface area (Å²) in [7, 11) is 4.03. The van der Waals surface area contributed by atoms with Crippen molar-refractivity contribution in [1.29, 1.82) is 5.26 Å². The second-order valence-electron chi connectivity index (χ2n) is 4.43. The summed E-state index contributed by atoms with van der Waals surface area (Å²) in [5, 5.41) is 12.0. The Morgan fingerprint density at radius 2 is 2.00 bits per heavy atom. The third-order valence-electron chi connectivity index (χ3n) is 2.70. The first-order chi connectivity index (χ1) is 7.47. The molecule has 0 bridgehead atoms. The Labute approximate surface area is 96.1 Å². The zero-order valence-electron chi connectivity index (χ0n) is 10.2. The van der Waals surface area contributed by atoms with E-state index in [9.17, 15) is 0 Å². The van der Waals surface area contributed by atoms with Crippen molar-refractivity contribution in [2.45, 2.75) is 19.4 Å². The number of anilines is 1. The molecule has 1 aromatic rings. The lowest BCUT2D eigenvalue weighted by Crippen LogP contribution is -2.44. The highest BCUT2D eigenvalue weighted by Gasteiger charge is 2.20. The molecule has 0 saturated carbocycles. The lowest BCUT2D eigenvalue weighted by molar-refractivity contribution is 0.210. The van der Waals surface area contributed by atoms with Crippen LogP contribution in [0.2, 0.25) is 0 Å². The lowest BCUT2D eigenvalue weighted by Gasteiger charge is -2.32. The van der Waals surface area contributed by atoms with Gasteiger partial charge in [-0.05, 0) is 27.9 Å². The lowest BCUT2D eigenvalue weighted by atomic mass is 10.0. The highest BCUT2D eigenvalue weighted by atomic mass is 15.2. The highest BCUT2D eigenvalue weighted by Crippen LogP contribution is 2.13. The predicted octanol–water partition coefficient (Wildman–Crippen LogP) is 1.10. The number of rotatable bonds is 4. The van der Waals surface area contributed by atoms with E-state index in [-0.39, 0.29) is 5.54 Å². The zero-order chi connectivity index (χ0) is 12.2. The molecule has 1 N–H and O–H groups in total. The number of hydrogen-bond acceptors (Lipinski definition) is 5. The summed E-state index contributed by atoms with van der Waals surface area (Å²) in [6.45, 7) is 4.93. The average molecular weight is 219 g/mol. The number of nitrogens with zero attached hydrogens (tertiary/aromatic N) is 4. The molecule has 1 aromatic heterocycles.